The number of ether oxygens (including phenoxy) is 1. The molecule has 2 unspecified atom stereocenters. The first-order valence-corrected chi connectivity index (χ1v) is 6.89. The summed E-state index contributed by atoms with van der Waals surface area (Å²) in [5.74, 6) is -0.414. The van der Waals surface area contributed by atoms with Gasteiger partial charge >= 0.3 is 12.0 Å². The molecular weight excluding hydrogens is 276 g/mol. The Morgan fingerprint density at radius 3 is 2.90 bits per heavy atom. The van der Waals surface area contributed by atoms with E-state index < -0.39 is 5.97 Å². The van der Waals surface area contributed by atoms with Gasteiger partial charge in [0.15, 0.2) is 0 Å². The third-order valence-electron chi connectivity index (χ3n) is 3.77. The molecule has 116 valence electrons. The number of urea groups is 1. The van der Waals surface area contributed by atoms with Gasteiger partial charge in [0, 0.05) is 20.2 Å². The number of carbonyl (C=O) groups is 2. The minimum absolute atomic E-state index is 0.0479. The van der Waals surface area contributed by atoms with Gasteiger partial charge in [-0.05, 0) is 24.5 Å². The molecule has 0 spiro atoms. The van der Waals surface area contributed by atoms with Crippen LogP contribution in [0.4, 0.5) is 4.79 Å². The maximum atomic E-state index is 12.1. The van der Waals surface area contributed by atoms with Crippen LogP contribution in [-0.4, -0.2) is 48.3 Å². The van der Waals surface area contributed by atoms with Gasteiger partial charge in [0.1, 0.15) is 5.76 Å². The molecule has 0 bridgehead atoms. The van der Waals surface area contributed by atoms with Crippen molar-refractivity contribution >= 4 is 12.0 Å². The molecule has 7 heteroatoms. The van der Waals surface area contributed by atoms with Crippen LogP contribution in [-0.2, 0) is 11.3 Å². The number of nitrogens with zero attached hydrogens (tertiary/aromatic N) is 1. The van der Waals surface area contributed by atoms with Gasteiger partial charge in [-0.25, -0.2) is 9.59 Å². The van der Waals surface area contributed by atoms with E-state index in [1.807, 2.05) is 0 Å². The molecule has 0 aromatic carbocycles. The average Bonchev–Trinajstić information content (AvgIpc) is 2.94. The van der Waals surface area contributed by atoms with Gasteiger partial charge in [-0.3, -0.25) is 0 Å². The van der Waals surface area contributed by atoms with Crippen LogP contribution < -0.4 is 5.32 Å². The Balaban J connectivity index is 1.85. The van der Waals surface area contributed by atoms with Crippen molar-refractivity contribution in [3.8, 4) is 0 Å². The first-order valence-electron chi connectivity index (χ1n) is 6.89. The number of piperidine rings is 1. The fraction of sp³-hybridized carbons (Fsp3) is 0.571. The summed E-state index contributed by atoms with van der Waals surface area (Å²) < 4.78 is 10.5. The molecule has 0 radical (unpaired) electrons. The number of methoxy groups -OCH3 is 1. The second-order valence-electron chi connectivity index (χ2n) is 5.22. The van der Waals surface area contributed by atoms with Crippen molar-refractivity contribution in [1.29, 1.82) is 0 Å². The van der Waals surface area contributed by atoms with Crippen LogP contribution in [0, 0.1) is 5.92 Å². The van der Waals surface area contributed by atoms with E-state index in [9.17, 15) is 9.59 Å². The number of carboxylic acids is 1. The van der Waals surface area contributed by atoms with Crippen molar-refractivity contribution in [2.75, 3.05) is 20.2 Å². The van der Waals surface area contributed by atoms with Crippen molar-refractivity contribution in [2.45, 2.75) is 26.0 Å². The van der Waals surface area contributed by atoms with Crippen molar-refractivity contribution in [1.82, 2.24) is 10.2 Å². The fourth-order valence-electron chi connectivity index (χ4n) is 2.39. The monoisotopic (exact) mass is 296 g/mol. The number of carbonyl (C=O) groups excluding carboxylic acids is 1. The third-order valence-corrected chi connectivity index (χ3v) is 3.77. The molecule has 2 atom stereocenters. The van der Waals surface area contributed by atoms with Crippen molar-refractivity contribution in [3.05, 3.63) is 23.7 Å². The number of carboxylic acid groups (broad SMARTS) is 1. The number of likely N-dealkylation sites (tertiary alicyclic amines) is 1. The summed E-state index contributed by atoms with van der Waals surface area (Å²) in [6.07, 6.45) is 0.947. The van der Waals surface area contributed by atoms with E-state index in [0.717, 1.165) is 6.42 Å². The molecule has 1 fully saturated rings. The highest BCUT2D eigenvalue weighted by molar-refractivity contribution is 5.84. The molecule has 1 aromatic rings. The number of nitrogens with one attached hydrogen (secondary N) is 1. The van der Waals surface area contributed by atoms with Gasteiger partial charge in [0.2, 0.25) is 5.76 Å². The Hall–Kier alpha value is -2.02. The lowest BCUT2D eigenvalue weighted by Gasteiger charge is -2.36. The normalized spacial score (nSPS) is 22.1. The number of aromatic carboxylic acids is 1. The number of hydrogen-bond acceptors (Lipinski definition) is 4. The highest BCUT2D eigenvalue weighted by atomic mass is 16.5. The van der Waals surface area contributed by atoms with Gasteiger partial charge in [0.05, 0.1) is 12.6 Å². The zero-order valence-electron chi connectivity index (χ0n) is 12.2. The van der Waals surface area contributed by atoms with Crippen molar-refractivity contribution in [2.24, 2.45) is 5.92 Å². The third kappa shape index (κ3) is 3.75. The van der Waals surface area contributed by atoms with E-state index in [0.29, 0.717) is 24.8 Å². The highest BCUT2D eigenvalue weighted by Gasteiger charge is 2.28. The van der Waals surface area contributed by atoms with E-state index in [-0.39, 0.29) is 24.4 Å². The molecule has 1 aromatic heterocycles. The number of rotatable bonds is 4. The lowest BCUT2D eigenvalue weighted by molar-refractivity contribution is 0.00709. The largest absolute Gasteiger partial charge is 0.475 e. The Bertz CT molecular complexity index is 513. The van der Waals surface area contributed by atoms with Crippen LogP contribution in [0.2, 0.25) is 0 Å². The second-order valence-corrected chi connectivity index (χ2v) is 5.22. The molecule has 2 amide bonds. The zero-order valence-corrected chi connectivity index (χ0v) is 12.2. The van der Waals surface area contributed by atoms with E-state index in [1.165, 1.54) is 6.07 Å². The number of hydrogen-bond donors (Lipinski definition) is 2. The summed E-state index contributed by atoms with van der Waals surface area (Å²) in [5.41, 5.74) is 0. The quantitative estimate of drug-likeness (QED) is 0.879. The summed E-state index contributed by atoms with van der Waals surface area (Å²) in [5, 5.41) is 11.5. The zero-order chi connectivity index (χ0) is 15.4. The molecular formula is C14H20N2O5. The minimum Gasteiger partial charge on any atom is -0.475 e. The second kappa shape index (κ2) is 6.62. The van der Waals surface area contributed by atoms with Crippen molar-refractivity contribution in [3.63, 3.8) is 0 Å². The molecule has 21 heavy (non-hydrogen) atoms. The van der Waals surface area contributed by atoms with Gasteiger partial charge < -0.3 is 24.5 Å². The molecule has 2 heterocycles. The lowest BCUT2D eigenvalue weighted by Crippen LogP contribution is -2.50. The molecule has 7 nitrogen and oxygen atoms in total. The average molecular weight is 296 g/mol. The van der Waals surface area contributed by atoms with E-state index >= 15 is 0 Å². The summed E-state index contributed by atoms with van der Waals surface area (Å²) in [4.78, 5) is 24.5. The standard InChI is InChI=1S/C14H20N2O5/c1-9-5-6-16(8-12(9)20-2)14(19)15-7-10-3-4-11(21-10)13(17)18/h3-4,9,12H,5-8H2,1-2H3,(H,15,19)(H,17,18). The summed E-state index contributed by atoms with van der Waals surface area (Å²) in [6.45, 7) is 3.52. The van der Waals surface area contributed by atoms with E-state index in [1.54, 1.807) is 18.1 Å². The van der Waals surface area contributed by atoms with Gasteiger partial charge in [0.25, 0.3) is 0 Å². The topological polar surface area (TPSA) is 92.0 Å². The maximum absolute atomic E-state index is 12.1. The predicted octanol–water partition coefficient (Wildman–Crippen LogP) is 1.54. The van der Waals surface area contributed by atoms with Gasteiger partial charge in [-0.15, -0.1) is 0 Å². The Labute approximate surface area is 122 Å². The molecule has 2 rings (SSSR count). The van der Waals surface area contributed by atoms with Crippen LogP contribution in [0.5, 0.6) is 0 Å². The molecule has 1 aliphatic rings. The predicted molar refractivity (Wildman–Crippen MR) is 74.1 cm³/mol. The SMILES string of the molecule is COC1CN(C(=O)NCc2ccc(C(=O)O)o2)CCC1C. The van der Waals surface area contributed by atoms with E-state index in [2.05, 4.69) is 12.2 Å². The highest BCUT2D eigenvalue weighted by Crippen LogP contribution is 2.19. The Morgan fingerprint density at radius 2 is 2.29 bits per heavy atom. The Kier molecular flexibility index (Phi) is 4.85. The minimum atomic E-state index is -1.12. The lowest BCUT2D eigenvalue weighted by atomic mass is 9.96. The fourth-order valence-corrected chi connectivity index (χ4v) is 2.39. The van der Waals surface area contributed by atoms with Gasteiger partial charge in [-0.1, -0.05) is 6.92 Å². The summed E-state index contributed by atoms with van der Waals surface area (Å²) >= 11 is 0. The van der Waals surface area contributed by atoms with Crippen molar-refractivity contribution < 1.29 is 23.8 Å². The van der Waals surface area contributed by atoms with Crippen LogP contribution in [0.3, 0.4) is 0 Å². The molecule has 0 saturated carbocycles. The first-order chi connectivity index (χ1) is 10.0. The summed E-state index contributed by atoms with van der Waals surface area (Å²) in [7, 11) is 1.65. The molecule has 1 aliphatic heterocycles. The number of amides is 2. The summed E-state index contributed by atoms with van der Waals surface area (Å²) in [6, 6.07) is 2.71. The van der Waals surface area contributed by atoms with E-state index in [4.69, 9.17) is 14.3 Å². The van der Waals surface area contributed by atoms with Crippen LogP contribution in [0.15, 0.2) is 16.5 Å². The maximum Gasteiger partial charge on any atom is 0.371 e. The Morgan fingerprint density at radius 1 is 1.52 bits per heavy atom. The smallest absolute Gasteiger partial charge is 0.371 e. The molecule has 1 saturated heterocycles. The molecule has 2 N–H and O–H groups in total. The van der Waals surface area contributed by atoms with Gasteiger partial charge in [-0.2, -0.15) is 0 Å². The molecule has 0 aliphatic carbocycles. The van der Waals surface area contributed by atoms with Crippen LogP contribution in [0.25, 0.3) is 0 Å². The number of furan rings is 1. The first kappa shape index (κ1) is 15.4. The van der Waals surface area contributed by atoms with Crippen LogP contribution in [0.1, 0.15) is 29.7 Å². The van der Waals surface area contributed by atoms with Crippen LogP contribution >= 0.6 is 0 Å².